The monoisotopic (exact) mass is 315 g/mol. The van der Waals surface area contributed by atoms with E-state index in [4.69, 9.17) is 10.2 Å². The van der Waals surface area contributed by atoms with Gasteiger partial charge in [0.25, 0.3) is 0 Å². The van der Waals surface area contributed by atoms with E-state index in [1.165, 1.54) is 24.3 Å². The van der Waals surface area contributed by atoms with Crippen LogP contribution in [0.4, 0.5) is 5.69 Å². The molecular weight excluding hydrogens is 298 g/mol. The molecule has 0 radical (unpaired) electrons. The first-order valence-electron chi connectivity index (χ1n) is 5.92. The molecule has 5 N–H and O–H groups in total. The van der Waals surface area contributed by atoms with E-state index >= 15 is 0 Å². The van der Waals surface area contributed by atoms with Crippen LogP contribution in [0.15, 0.2) is 29.2 Å². The number of benzene rings is 1. The van der Waals surface area contributed by atoms with Gasteiger partial charge in [0, 0.05) is 5.69 Å². The third-order valence-corrected chi connectivity index (χ3v) is 3.42. The highest BCUT2D eigenvalue weighted by atomic mass is 32.2. The summed E-state index contributed by atoms with van der Waals surface area (Å²) in [7, 11) is -3.81. The lowest BCUT2D eigenvalue weighted by Gasteiger charge is -2.22. The standard InChI is InChI=1S/C12H17N3O5S/c1-12(2,7-16)15-11(18)10(17)14-8-3-5-9(6-4-8)21(13,19)20/h3-6,16H,7H2,1-2H3,(H,14,17)(H,15,18)(H2,13,19,20). The second-order valence-electron chi connectivity index (χ2n) is 5.02. The number of rotatable bonds is 4. The molecule has 0 saturated carbocycles. The van der Waals surface area contributed by atoms with Crippen LogP contribution in [0, 0.1) is 0 Å². The van der Waals surface area contributed by atoms with Gasteiger partial charge in [0.1, 0.15) is 0 Å². The second kappa shape index (κ2) is 6.20. The smallest absolute Gasteiger partial charge is 0.313 e. The first kappa shape index (κ1) is 17.1. The summed E-state index contributed by atoms with van der Waals surface area (Å²) in [5, 5.41) is 18.6. The zero-order valence-corrected chi connectivity index (χ0v) is 12.4. The molecule has 1 aromatic rings. The van der Waals surface area contributed by atoms with E-state index < -0.39 is 27.4 Å². The molecule has 0 heterocycles. The normalized spacial score (nSPS) is 11.8. The lowest BCUT2D eigenvalue weighted by molar-refractivity contribution is -0.137. The minimum absolute atomic E-state index is 0.105. The molecule has 8 nitrogen and oxygen atoms in total. The maximum Gasteiger partial charge on any atom is 0.313 e. The Morgan fingerprint density at radius 2 is 1.71 bits per heavy atom. The Hall–Kier alpha value is -1.97. The number of hydrogen-bond donors (Lipinski definition) is 4. The molecule has 0 aliphatic carbocycles. The molecule has 0 aliphatic heterocycles. The number of carbonyl (C=O) groups excluding carboxylic acids is 2. The van der Waals surface area contributed by atoms with E-state index in [1.54, 1.807) is 13.8 Å². The lowest BCUT2D eigenvalue weighted by Crippen LogP contribution is -2.50. The van der Waals surface area contributed by atoms with Crippen molar-refractivity contribution in [1.29, 1.82) is 0 Å². The van der Waals surface area contributed by atoms with Gasteiger partial charge in [-0.1, -0.05) is 0 Å². The Bertz CT molecular complexity index is 637. The Morgan fingerprint density at radius 1 is 1.19 bits per heavy atom. The Kier molecular flexibility index (Phi) is 5.05. The number of nitrogens with two attached hydrogens (primary N) is 1. The van der Waals surface area contributed by atoms with Gasteiger partial charge in [-0.25, -0.2) is 13.6 Å². The molecule has 21 heavy (non-hydrogen) atoms. The predicted molar refractivity (Wildman–Crippen MR) is 75.8 cm³/mol. The SMILES string of the molecule is CC(C)(CO)NC(=O)C(=O)Nc1ccc(S(N)(=O)=O)cc1. The van der Waals surface area contributed by atoms with Crippen molar-refractivity contribution in [3.8, 4) is 0 Å². The first-order chi connectivity index (χ1) is 9.55. The summed E-state index contributed by atoms with van der Waals surface area (Å²) >= 11 is 0. The highest BCUT2D eigenvalue weighted by Crippen LogP contribution is 2.12. The molecule has 116 valence electrons. The van der Waals surface area contributed by atoms with Gasteiger partial charge in [-0.15, -0.1) is 0 Å². The zero-order chi connectivity index (χ0) is 16.3. The number of sulfonamides is 1. The van der Waals surface area contributed by atoms with Crippen LogP contribution >= 0.6 is 0 Å². The van der Waals surface area contributed by atoms with E-state index in [9.17, 15) is 18.0 Å². The van der Waals surface area contributed by atoms with Gasteiger partial charge >= 0.3 is 11.8 Å². The van der Waals surface area contributed by atoms with Crippen LogP contribution in [0.3, 0.4) is 0 Å². The fraction of sp³-hybridized carbons (Fsp3) is 0.333. The number of aliphatic hydroxyl groups is 1. The minimum Gasteiger partial charge on any atom is -0.394 e. The number of primary sulfonamides is 1. The third kappa shape index (κ3) is 5.14. The molecule has 9 heteroatoms. The van der Waals surface area contributed by atoms with Gasteiger partial charge in [-0.2, -0.15) is 0 Å². The van der Waals surface area contributed by atoms with Crippen molar-refractivity contribution in [3.05, 3.63) is 24.3 Å². The highest BCUT2D eigenvalue weighted by molar-refractivity contribution is 7.89. The largest absolute Gasteiger partial charge is 0.394 e. The van der Waals surface area contributed by atoms with Crippen molar-refractivity contribution in [2.24, 2.45) is 5.14 Å². The van der Waals surface area contributed by atoms with Crippen LogP contribution < -0.4 is 15.8 Å². The van der Waals surface area contributed by atoms with Crippen molar-refractivity contribution in [1.82, 2.24) is 5.32 Å². The van der Waals surface area contributed by atoms with Gasteiger partial charge in [0.15, 0.2) is 0 Å². The van der Waals surface area contributed by atoms with Crippen LogP contribution in [-0.4, -0.2) is 37.5 Å². The van der Waals surface area contributed by atoms with E-state index in [2.05, 4.69) is 10.6 Å². The number of nitrogens with one attached hydrogen (secondary N) is 2. The van der Waals surface area contributed by atoms with Crippen LogP contribution in [0.5, 0.6) is 0 Å². The average Bonchev–Trinajstić information content (AvgIpc) is 2.37. The van der Waals surface area contributed by atoms with Gasteiger partial charge in [0.2, 0.25) is 10.0 Å². The van der Waals surface area contributed by atoms with E-state index in [0.29, 0.717) is 0 Å². The Morgan fingerprint density at radius 3 is 2.14 bits per heavy atom. The van der Waals surface area contributed by atoms with Crippen LogP contribution in [0.2, 0.25) is 0 Å². The summed E-state index contributed by atoms with van der Waals surface area (Å²) in [6.07, 6.45) is 0. The summed E-state index contributed by atoms with van der Waals surface area (Å²) in [6.45, 7) is 2.78. The van der Waals surface area contributed by atoms with E-state index in [1.807, 2.05) is 0 Å². The third-order valence-electron chi connectivity index (χ3n) is 2.49. The summed E-state index contributed by atoms with van der Waals surface area (Å²) < 4.78 is 22.1. The maximum atomic E-state index is 11.6. The van der Waals surface area contributed by atoms with Crippen LogP contribution in [0.1, 0.15) is 13.8 Å². The van der Waals surface area contributed by atoms with Crippen molar-refractivity contribution in [3.63, 3.8) is 0 Å². The summed E-state index contributed by atoms with van der Waals surface area (Å²) in [6, 6.07) is 5.03. The second-order valence-corrected chi connectivity index (χ2v) is 6.58. The van der Waals surface area contributed by atoms with Crippen molar-refractivity contribution in [2.75, 3.05) is 11.9 Å². The predicted octanol–water partition coefficient (Wildman–Crippen LogP) is -0.840. The molecule has 0 saturated heterocycles. The summed E-state index contributed by atoms with van der Waals surface area (Å²) in [5.41, 5.74) is -0.685. The molecule has 0 spiro atoms. The van der Waals surface area contributed by atoms with Crippen LogP contribution in [0.25, 0.3) is 0 Å². The summed E-state index contributed by atoms with van der Waals surface area (Å²) in [4.78, 5) is 23.1. The molecule has 0 unspecified atom stereocenters. The molecule has 2 amide bonds. The number of hydrogen-bond acceptors (Lipinski definition) is 5. The lowest BCUT2D eigenvalue weighted by atomic mass is 10.1. The molecule has 0 aromatic heterocycles. The molecule has 0 aliphatic rings. The minimum atomic E-state index is -3.81. The maximum absolute atomic E-state index is 11.6. The molecule has 1 rings (SSSR count). The van der Waals surface area contributed by atoms with Crippen molar-refractivity contribution < 1.29 is 23.1 Å². The Balaban J connectivity index is 2.74. The van der Waals surface area contributed by atoms with Gasteiger partial charge in [-0.3, -0.25) is 9.59 Å². The van der Waals surface area contributed by atoms with Gasteiger partial charge in [0.05, 0.1) is 17.0 Å². The topological polar surface area (TPSA) is 139 Å². The van der Waals surface area contributed by atoms with Crippen molar-refractivity contribution in [2.45, 2.75) is 24.3 Å². The zero-order valence-electron chi connectivity index (χ0n) is 11.6. The van der Waals surface area contributed by atoms with Crippen molar-refractivity contribution >= 4 is 27.5 Å². The first-order valence-corrected chi connectivity index (χ1v) is 7.47. The fourth-order valence-electron chi connectivity index (χ4n) is 1.32. The van der Waals surface area contributed by atoms with E-state index in [0.717, 1.165) is 0 Å². The molecule has 0 fully saturated rings. The number of anilines is 1. The number of aliphatic hydroxyl groups excluding tert-OH is 1. The quantitative estimate of drug-likeness (QED) is 0.537. The Labute approximate surface area is 122 Å². The highest BCUT2D eigenvalue weighted by Gasteiger charge is 2.23. The number of carbonyl (C=O) groups is 2. The van der Waals surface area contributed by atoms with Gasteiger partial charge < -0.3 is 15.7 Å². The fourth-order valence-corrected chi connectivity index (χ4v) is 1.83. The number of amides is 2. The average molecular weight is 315 g/mol. The van der Waals surface area contributed by atoms with Gasteiger partial charge in [-0.05, 0) is 38.1 Å². The summed E-state index contributed by atoms with van der Waals surface area (Å²) in [5.74, 6) is -1.84. The molecular formula is C12H17N3O5S. The molecule has 0 bridgehead atoms. The molecule has 1 aromatic carbocycles. The van der Waals surface area contributed by atoms with E-state index in [-0.39, 0.29) is 17.2 Å². The van der Waals surface area contributed by atoms with Crippen LogP contribution in [-0.2, 0) is 19.6 Å². The molecule has 0 atom stereocenters.